The third kappa shape index (κ3) is 5.63. The first-order chi connectivity index (χ1) is 11.6. The molecule has 0 unspecified atom stereocenters. The molecule has 0 aromatic carbocycles. The van der Waals surface area contributed by atoms with Crippen LogP contribution in [0.25, 0.3) is 0 Å². The van der Waals surface area contributed by atoms with E-state index in [4.69, 9.17) is 10.5 Å². The van der Waals surface area contributed by atoms with Crippen molar-refractivity contribution in [2.75, 3.05) is 32.7 Å². The molecular formula is C18H30N4O2S. The van der Waals surface area contributed by atoms with Gasteiger partial charge in [0.05, 0.1) is 6.54 Å². The normalized spacial score (nSPS) is 16.9. The van der Waals surface area contributed by atoms with Crippen molar-refractivity contribution in [2.45, 2.75) is 45.6 Å². The number of hydrogen-bond acceptors (Lipinski definition) is 4. The minimum atomic E-state index is -0.470. The maximum Gasteiger partial charge on any atom is 0.410 e. The summed E-state index contributed by atoms with van der Waals surface area (Å²) in [5.74, 6) is 0.550. The van der Waals surface area contributed by atoms with Crippen molar-refractivity contribution < 1.29 is 9.53 Å². The molecule has 0 saturated carbocycles. The van der Waals surface area contributed by atoms with Crippen molar-refractivity contribution >= 4 is 23.4 Å². The van der Waals surface area contributed by atoms with Crippen LogP contribution in [0.4, 0.5) is 4.79 Å². The molecule has 2 heterocycles. The summed E-state index contributed by atoms with van der Waals surface area (Å²) in [6.07, 6.45) is -0.263. The van der Waals surface area contributed by atoms with Crippen LogP contribution in [0.2, 0.25) is 0 Å². The minimum Gasteiger partial charge on any atom is -0.444 e. The molecule has 0 bridgehead atoms. The third-order valence-corrected chi connectivity index (χ3v) is 5.32. The maximum atomic E-state index is 12.1. The predicted molar refractivity (Wildman–Crippen MR) is 103 cm³/mol. The minimum absolute atomic E-state index is 0.0306. The first-order valence-corrected chi connectivity index (χ1v) is 9.53. The number of piperazine rings is 1. The van der Waals surface area contributed by atoms with E-state index in [0.717, 1.165) is 0 Å². The zero-order chi connectivity index (χ0) is 18.7. The highest BCUT2D eigenvalue weighted by Gasteiger charge is 2.27. The molecule has 1 amide bonds. The van der Waals surface area contributed by atoms with E-state index in [0.29, 0.717) is 38.7 Å². The number of amides is 1. The monoisotopic (exact) mass is 366 g/mol. The van der Waals surface area contributed by atoms with Crippen molar-refractivity contribution in [1.82, 2.24) is 9.80 Å². The Labute approximate surface area is 154 Å². The molecule has 1 fully saturated rings. The largest absolute Gasteiger partial charge is 0.444 e. The van der Waals surface area contributed by atoms with Gasteiger partial charge < -0.3 is 20.3 Å². The van der Waals surface area contributed by atoms with Gasteiger partial charge in [0.1, 0.15) is 5.60 Å². The summed E-state index contributed by atoms with van der Waals surface area (Å²) in [6.45, 7) is 13.2. The number of nitrogens with zero attached hydrogens (tertiary/aromatic N) is 3. The van der Waals surface area contributed by atoms with Crippen molar-refractivity contribution in [1.29, 1.82) is 0 Å². The van der Waals surface area contributed by atoms with E-state index in [2.05, 4.69) is 36.4 Å². The molecule has 0 aliphatic carbocycles. The number of carbonyl (C=O) groups excluding carboxylic acids is 1. The SMILES string of the molecule is CC(C)(C)OC(=O)N1CCN(C(N)=NCC(C)(C)c2cccs2)CC1. The summed E-state index contributed by atoms with van der Waals surface area (Å²) in [5.41, 5.74) is 5.68. The zero-order valence-electron chi connectivity index (χ0n) is 15.9. The van der Waals surface area contributed by atoms with Crippen LogP contribution in [0.15, 0.2) is 22.5 Å². The Hall–Kier alpha value is -1.76. The molecule has 1 aromatic heterocycles. The van der Waals surface area contributed by atoms with E-state index >= 15 is 0 Å². The quantitative estimate of drug-likeness (QED) is 0.659. The summed E-state index contributed by atoms with van der Waals surface area (Å²) < 4.78 is 5.41. The molecule has 2 rings (SSSR count). The zero-order valence-corrected chi connectivity index (χ0v) is 16.7. The summed E-state index contributed by atoms with van der Waals surface area (Å²) >= 11 is 1.74. The lowest BCUT2D eigenvalue weighted by Gasteiger charge is -2.36. The van der Waals surface area contributed by atoms with Gasteiger partial charge in [-0.2, -0.15) is 0 Å². The lowest BCUT2D eigenvalue weighted by atomic mass is 9.92. The molecule has 6 nitrogen and oxygen atoms in total. The molecule has 0 spiro atoms. The molecule has 1 saturated heterocycles. The van der Waals surface area contributed by atoms with Crippen LogP contribution >= 0.6 is 11.3 Å². The number of ether oxygens (including phenoxy) is 1. The Morgan fingerprint density at radius 2 is 1.80 bits per heavy atom. The average molecular weight is 367 g/mol. The van der Waals surface area contributed by atoms with Gasteiger partial charge in [0, 0.05) is 36.5 Å². The van der Waals surface area contributed by atoms with Crippen molar-refractivity contribution in [2.24, 2.45) is 10.7 Å². The average Bonchev–Trinajstić information content (AvgIpc) is 3.06. The highest BCUT2D eigenvalue weighted by molar-refractivity contribution is 7.10. The summed E-state index contributed by atoms with van der Waals surface area (Å²) in [5, 5.41) is 2.08. The molecule has 7 heteroatoms. The predicted octanol–water partition coefficient (Wildman–Crippen LogP) is 2.89. The second kappa shape index (κ2) is 7.64. The van der Waals surface area contributed by atoms with E-state index in [9.17, 15) is 4.79 Å². The van der Waals surface area contributed by atoms with Gasteiger partial charge in [-0.15, -0.1) is 11.3 Å². The Morgan fingerprint density at radius 3 is 2.32 bits per heavy atom. The molecule has 140 valence electrons. The van der Waals surface area contributed by atoms with Gasteiger partial charge in [0.15, 0.2) is 5.96 Å². The number of guanidine groups is 1. The number of rotatable bonds is 3. The van der Waals surface area contributed by atoms with Crippen LogP contribution in [-0.4, -0.2) is 60.2 Å². The number of hydrogen-bond donors (Lipinski definition) is 1. The van der Waals surface area contributed by atoms with Crippen molar-refractivity contribution in [3.63, 3.8) is 0 Å². The second-order valence-electron chi connectivity index (χ2n) is 7.99. The van der Waals surface area contributed by atoms with Crippen LogP contribution in [0.1, 0.15) is 39.5 Å². The Morgan fingerprint density at radius 1 is 1.20 bits per heavy atom. The molecular weight excluding hydrogens is 336 g/mol. The van der Waals surface area contributed by atoms with Gasteiger partial charge in [0.25, 0.3) is 0 Å². The van der Waals surface area contributed by atoms with Gasteiger partial charge in [-0.1, -0.05) is 19.9 Å². The molecule has 1 aliphatic rings. The van der Waals surface area contributed by atoms with Crippen LogP contribution < -0.4 is 5.73 Å². The molecule has 2 N–H and O–H groups in total. The van der Waals surface area contributed by atoms with E-state index in [1.54, 1.807) is 16.2 Å². The van der Waals surface area contributed by atoms with Crippen LogP contribution in [0.5, 0.6) is 0 Å². The number of nitrogens with two attached hydrogens (primary N) is 1. The van der Waals surface area contributed by atoms with Gasteiger partial charge >= 0.3 is 6.09 Å². The summed E-state index contributed by atoms with van der Waals surface area (Å²) in [4.78, 5) is 21.8. The maximum absolute atomic E-state index is 12.1. The summed E-state index contributed by atoms with van der Waals surface area (Å²) in [7, 11) is 0. The third-order valence-electron chi connectivity index (χ3n) is 4.08. The summed E-state index contributed by atoms with van der Waals surface area (Å²) in [6, 6.07) is 4.20. The van der Waals surface area contributed by atoms with E-state index in [-0.39, 0.29) is 11.5 Å². The molecule has 1 aliphatic heterocycles. The lowest BCUT2D eigenvalue weighted by Crippen LogP contribution is -2.53. The first-order valence-electron chi connectivity index (χ1n) is 8.65. The molecule has 25 heavy (non-hydrogen) atoms. The number of aliphatic imine (C=N–C) groups is 1. The fourth-order valence-electron chi connectivity index (χ4n) is 2.56. The van der Waals surface area contributed by atoms with Crippen LogP contribution in [-0.2, 0) is 10.2 Å². The first kappa shape index (κ1) is 19.6. The number of thiophene rings is 1. The standard InChI is InChI=1S/C18H30N4O2S/c1-17(2,3)24-16(23)22-10-8-21(9-11-22)15(19)20-13-18(4,5)14-7-6-12-25-14/h6-7,12H,8-11,13H2,1-5H3,(H2,19,20). The second-order valence-corrected chi connectivity index (χ2v) is 8.94. The van der Waals surface area contributed by atoms with E-state index in [1.165, 1.54) is 4.88 Å². The van der Waals surface area contributed by atoms with Crippen LogP contribution in [0.3, 0.4) is 0 Å². The highest BCUT2D eigenvalue weighted by atomic mass is 32.1. The lowest BCUT2D eigenvalue weighted by molar-refractivity contribution is 0.0186. The van der Waals surface area contributed by atoms with Crippen molar-refractivity contribution in [3.05, 3.63) is 22.4 Å². The molecule has 1 aromatic rings. The highest BCUT2D eigenvalue weighted by Crippen LogP contribution is 2.27. The van der Waals surface area contributed by atoms with Gasteiger partial charge in [0.2, 0.25) is 0 Å². The van der Waals surface area contributed by atoms with Crippen LogP contribution in [0, 0.1) is 0 Å². The molecule has 0 atom stereocenters. The number of carbonyl (C=O) groups is 1. The Bertz CT molecular complexity index is 597. The topological polar surface area (TPSA) is 71.2 Å². The fourth-order valence-corrected chi connectivity index (χ4v) is 3.41. The van der Waals surface area contributed by atoms with Gasteiger partial charge in [-0.05, 0) is 32.2 Å². The van der Waals surface area contributed by atoms with Crippen molar-refractivity contribution in [3.8, 4) is 0 Å². The fraction of sp³-hybridized carbons (Fsp3) is 0.667. The van der Waals surface area contributed by atoms with Gasteiger partial charge in [-0.25, -0.2) is 4.79 Å². The Balaban J connectivity index is 1.86. The smallest absolute Gasteiger partial charge is 0.410 e. The Kier molecular flexibility index (Phi) is 5.98. The molecule has 0 radical (unpaired) electrons. The van der Waals surface area contributed by atoms with Gasteiger partial charge in [-0.3, -0.25) is 4.99 Å². The van der Waals surface area contributed by atoms with E-state index < -0.39 is 5.60 Å². The van der Waals surface area contributed by atoms with E-state index in [1.807, 2.05) is 25.7 Å².